The maximum Gasteiger partial charge on any atom is 0.271 e. The Morgan fingerprint density at radius 3 is 2.61 bits per heavy atom. The summed E-state index contributed by atoms with van der Waals surface area (Å²) in [5.74, 6) is 0. The minimum absolute atomic E-state index is 0.0217. The fourth-order valence-electron chi connectivity index (χ4n) is 1.88. The number of nitrogens with one attached hydrogen (secondary N) is 1. The highest BCUT2D eigenvalue weighted by atomic mass is 16.1. The van der Waals surface area contributed by atoms with E-state index >= 15 is 0 Å². The Kier molecular flexibility index (Phi) is 3.89. The molecule has 1 heterocycles. The molecular formula is C14H17N3O. The van der Waals surface area contributed by atoms with Crippen LogP contribution >= 0.6 is 0 Å². The summed E-state index contributed by atoms with van der Waals surface area (Å²) < 4.78 is 1.51. The lowest BCUT2D eigenvalue weighted by atomic mass is 10.1. The van der Waals surface area contributed by atoms with Crippen molar-refractivity contribution in [1.82, 2.24) is 15.1 Å². The van der Waals surface area contributed by atoms with Crippen LogP contribution in [0.3, 0.4) is 0 Å². The Hall–Kier alpha value is -1.94. The quantitative estimate of drug-likeness (QED) is 0.888. The molecule has 0 aliphatic heterocycles. The van der Waals surface area contributed by atoms with Crippen molar-refractivity contribution in [3.63, 3.8) is 0 Å². The van der Waals surface area contributed by atoms with Crippen molar-refractivity contribution in [3.8, 4) is 11.3 Å². The van der Waals surface area contributed by atoms with Crippen LogP contribution in [0.4, 0.5) is 0 Å². The van der Waals surface area contributed by atoms with E-state index in [0.717, 1.165) is 16.8 Å². The van der Waals surface area contributed by atoms with Crippen LogP contribution in [0.25, 0.3) is 11.3 Å². The highest BCUT2D eigenvalue weighted by molar-refractivity contribution is 5.58. The Bertz CT molecular complexity index is 575. The molecule has 0 aliphatic carbocycles. The lowest BCUT2D eigenvalue weighted by molar-refractivity contribution is 0.605. The zero-order valence-corrected chi connectivity index (χ0v) is 10.7. The maximum absolute atomic E-state index is 12.0. The Morgan fingerprint density at radius 2 is 2.00 bits per heavy atom. The van der Waals surface area contributed by atoms with Gasteiger partial charge in [-0.3, -0.25) is 4.79 Å². The molecule has 0 unspecified atom stereocenters. The predicted octanol–water partition coefficient (Wildman–Crippen LogP) is 1.65. The zero-order valence-electron chi connectivity index (χ0n) is 10.7. The van der Waals surface area contributed by atoms with Crippen molar-refractivity contribution >= 4 is 0 Å². The first-order chi connectivity index (χ1) is 8.76. The number of benzene rings is 1. The van der Waals surface area contributed by atoms with Crippen LogP contribution in [0.1, 0.15) is 12.5 Å². The molecule has 0 atom stereocenters. The van der Waals surface area contributed by atoms with Gasteiger partial charge in [0.05, 0.1) is 5.69 Å². The van der Waals surface area contributed by atoms with Gasteiger partial charge in [-0.05, 0) is 20.0 Å². The van der Waals surface area contributed by atoms with E-state index in [0.29, 0.717) is 13.1 Å². The average molecular weight is 243 g/mol. The number of aromatic nitrogens is 2. The molecule has 0 saturated heterocycles. The Morgan fingerprint density at radius 1 is 1.28 bits per heavy atom. The summed E-state index contributed by atoms with van der Waals surface area (Å²) in [6.45, 7) is 3.06. The number of rotatable bonds is 4. The monoisotopic (exact) mass is 243 g/mol. The highest BCUT2D eigenvalue weighted by Gasteiger charge is 2.08. The van der Waals surface area contributed by atoms with Crippen LogP contribution in [-0.4, -0.2) is 16.8 Å². The second kappa shape index (κ2) is 5.60. The van der Waals surface area contributed by atoms with Gasteiger partial charge in [0.1, 0.15) is 0 Å². The molecule has 2 rings (SSSR count). The molecule has 1 N–H and O–H groups in total. The van der Waals surface area contributed by atoms with Gasteiger partial charge in [-0.25, -0.2) is 4.68 Å². The van der Waals surface area contributed by atoms with E-state index in [1.165, 1.54) is 4.68 Å². The summed E-state index contributed by atoms with van der Waals surface area (Å²) >= 11 is 0. The highest BCUT2D eigenvalue weighted by Crippen LogP contribution is 2.15. The third-order valence-electron chi connectivity index (χ3n) is 2.78. The normalized spacial score (nSPS) is 10.6. The summed E-state index contributed by atoms with van der Waals surface area (Å²) in [6.07, 6.45) is 0. The molecule has 2 aromatic rings. The number of aryl methyl sites for hydroxylation is 1. The molecule has 1 aromatic carbocycles. The first-order valence-corrected chi connectivity index (χ1v) is 6.07. The van der Waals surface area contributed by atoms with E-state index in [1.54, 1.807) is 0 Å². The smallest absolute Gasteiger partial charge is 0.271 e. The minimum atomic E-state index is -0.0217. The molecule has 0 bridgehead atoms. The number of nitrogens with zero attached hydrogens (tertiary/aromatic N) is 2. The third kappa shape index (κ3) is 2.49. The van der Waals surface area contributed by atoms with E-state index < -0.39 is 0 Å². The molecule has 1 aromatic heterocycles. The lowest BCUT2D eigenvalue weighted by Crippen LogP contribution is -2.28. The van der Waals surface area contributed by atoms with Crippen molar-refractivity contribution in [2.45, 2.75) is 20.0 Å². The summed E-state index contributed by atoms with van der Waals surface area (Å²) in [5, 5.41) is 7.39. The van der Waals surface area contributed by atoms with Crippen LogP contribution in [0.15, 0.2) is 41.2 Å². The van der Waals surface area contributed by atoms with Crippen LogP contribution < -0.4 is 10.9 Å². The van der Waals surface area contributed by atoms with Gasteiger partial charge < -0.3 is 5.32 Å². The van der Waals surface area contributed by atoms with Gasteiger partial charge in [-0.15, -0.1) is 0 Å². The van der Waals surface area contributed by atoms with E-state index in [2.05, 4.69) is 10.4 Å². The van der Waals surface area contributed by atoms with Crippen molar-refractivity contribution in [3.05, 3.63) is 52.3 Å². The van der Waals surface area contributed by atoms with Crippen molar-refractivity contribution in [2.75, 3.05) is 7.05 Å². The third-order valence-corrected chi connectivity index (χ3v) is 2.78. The largest absolute Gasteiger partial charge is 0.315 e. The van der Waals surface area contributed by atoms with E-state index in [4.69, 9.17) is 0 Å². The molecule has 94 valence electrons. The molecule has 4 heteroatoms. The molecule has 0 spiro atoms. The van der Waals surface area contributed by atoms with Crippen LogP contribution in [0.2, 0.25) is 0 Å². The minimum Gasteiger partial charge on any atom is -0.315 e. The average Bonchev–Trinajstić information content (AvgIpc) is 2.42. The second-order valence-corrected chi connectivity index (χ2v) is 4.07. The molecule has 4 nitrogen and oxygen atoms in total. The number of hydrogen-bond donors (Lipinski definition) is 1. The van der Waals surface area contributed by atoms with Gasteiger partial charge in [0.15, 0.2) is 0 Å². The van der Waals surface area contributed by atoms with Crippen LogP contribution in [0.5, 0.6) is 0 Å². The zero-order chi connectivity index (χ0) is 13.0. The predicted molar refractivity (Wildman–Crippen MR) is 72.4 cm³/mol. The molecule has 0 radical (unpaired) electrons. The molecule has 0 amide bonds. The van der Waals surface area contributed by atoms with E-state index in [1.807, 2.05) is 50.4 Å². The SMILES string of the molecule is CCn1nc(-c2ccccc2)cc(CNC)c1=O. The Labute approximate surface area is 106 Å². The lowest BCUT2D eigenvalue weighted by Gasteiger charge is -2.09. The fourth-order valence-corrected chi connectivity index (χ4v) is 1.88. The van der Waals surface area contributed by atoms with Gasteiger partial charge in [-0.1, -0.05) is 30.3 Å². The van der Waals surface area contributed by atoms with Gasteiger partial charge >= 0.3 is 0 Å². The van der Waals surface area contributed by atoms with E-state index in [-0.39, 0.29) is 5.56 Å². The molecule has 0 saturated carbocycles. The maximum atomic E-state index is 12.0. The molecule has 18 heavy (non-hydrogen) atoms. The standard InChI is InChI=1S/C14H17N3O/c1-3-17-14(18)12(10-15-2)9-13(16-17)11-7-5-4-6-8-11/h4-9,15H,3,10H2,1-2H3. The van der Waals surface area contributed by atoms with Crippen molar-refractivity contribution < 1.29 is 0 Å². The summed E-state index contributed by atoms with van der Waals surface area (Å²) in [6, 6.07) is 11.8. The fraction of sp³-hybridized carbons (Fsp3) is 0.286. The second-order valence-electron chi connectivity index (χ2n) is 4.07. The van der Waals surface area contributed by atoms with Gasteiger partial charge in [0, 0.05) is 24.2 Å². The van der Waals surface area contributed by atoms with Crippen LogP contribution in [0, 0.1) is 0 Å². The van der Waals surface area contributed by atoms with Crippen molar-refractivity contribution in [2.24, 2.45) is 0 Å². The van der Waals surface area contributed by atoms with Crippen LogP contribution in [-0.2, 0) is 13.1 Å². The first-order valence-electron chi connectivity index (χ1n) is 6.07. The number of hydrogen-bond acceptors (Lipinski definition) is 3. The van der Waals surface area contributed by atoms with Gasteiger partial charge in [0.2, 0.25) is 0 Å². The van der Waals surface area contributed by atoms with Gasteiger partial charge in [-0.2, -0.15) is 5.10 Å². The van der Waals surface area contributed by atoms with Gasteiger partial charge in [0.25, 0.3) is 5.56 Å². The summed E-state index contributed by atoms with van der Waals surface area (Å²) in [4.78, 5) is 12.0. The topological polar surface area (TPSA) is 46.9 Å². The first kappa shape index (κ1) is 12.5. The summed E-state index contributed by atoms with van der Waals surface area (Å²) in [7, 11) is 1.83. The molecule has 0 fully saturated rings. The molecular weight excluding hydrogens is 226 g/mol. The Balaban J connectivity index is 2.55. The van der Waals surface area contributed by atoms with Crippen molar-refractivity contribution in [1.29, 1.82) is 0 Å². The molecule has 0 aliphatic rings. The van der Waals surface area contributed by atoms with E-state index in [9.17, 15) is 4.79 Å². The summed E-state index contributed by atoms with van der Waals surface area (Å²) in [5.41, 5.74) is 2.58.